The van der Waals surface area contributed by atoms with Crippen LogP contribution in [0, 0.1) is 12.7 Å². The third kappa shape index (κ3) is 5.78. The lowest BCUT2D eigenvalue weighted by molar-refractivity contribution is -0.123. The van der Waals surface area contributed by atoms with Crippen LogP contribution in [0.15, 0.2) is 24.3 Å². The Morgan fingerprint density at radius 1 is 1.13 bits per heavy atom. The second-order valence-corrected chi connectivity index (χ2v) is 7.16. The van der Waals surface area contributed by atoms with Crippen LogP contribution in [0.3, 0.4) is 0 Å². The van der Waals surface area contributed by atoms with E-state index in [4.69, 9.17) is 21.1 Å². The van der Waals surface area contributed by atoms with Crippen molar-refractivity contribution in [2.24, 2.45) is 0 Å². The van der Waals surface area contributed by atoms with Gasteiger partial charge in [0.2, 0.25) is 5.91 Å². The van der Waals surface area contributed by atoms with Crippen LogP contribution in [0.4, 0.5) is 23.2 Å². The number of nitrogens with one attached hydrogen (secondary N) is 2. The van der Waals surface area contributed by atoms with Crippen molar-refractivity contribution in [1.82, 2.24) is 5.32 Å². The molecular weight excluding hydrogens is 444 g/mol. The number of benzene rings is 2. The lowest BCUT2D eigenvalue weighted by atomic mass is 10.1. The first-order chi connectivity index (χ1) is 14.5. The molecule has 166 valence electrons. The summed E-state index contributed by atoms with van der Waals surface area (Å²) >= 11 is 6.14. The van der Waals surface area contributed by atoms with Gasteiger partial charge in [0, 0.05) is 16.8 Å². The van der Waals surface area contributed by atoms with Crippen LogP contribution in [-0.2, 0) is 11.2 Å². The molecule has 1 aliphatic heterocycles. The largest absolute Gasteiger partial charge is 0.486 e. The maximum Gasteiger partial charge on any atom is 0.405 e. The molecule has 2 amide bonds. The van der Waals surface area contributed by atoms with Gasteiger partial charge in [-0.05, 0) is 36.8 Å². The molecule has 0 atom stereocenters. The minimum atomic E-state index is -4.61. The van der Waals surface area contributed by atoms with Gasteiger partial charge in [-0.3, -0.25) is 9.59 Å². The van der Waals surface area contributed by atoms with Crippen LogP contribution in [0.2, 0.25) is 5.02 Å². The number of anilines is 1. The highest BCUT2D eigenvalue weighted by Crippen LogP contribution is 2.38. The first-order valence-electron chi connectivity index (χ1n) is 9.06. The van der Waals surface area contributed by atoms with E-state index in [1.54, 1.807) is 11.4 Å². The maximum atomic E-state index is 14.2. The zero-order valence-corrected chi connectivity index (χ0v) is 16.9. The number of amides is 2. The average Bonchev–Trinajstić information content (AvgIpc) is 2.69. The third-order valence-corrected chi connectivity index (χ3v) is 4.63. The molecule has 0 unspecified atom stereocenters. The normalized spacial score (nSPS) is 13.0. The summed E-state index contributed by atoms with van der Waals surface area (Å²) in [6, 6.07) is 5.04. The molecule has 0 bridgehead atoms. The lowest BCUT2D eigenvalue weighted by Gasteiger charge is -2.20. The summed E-state index contributed by atoms with van der Waals surface area (Å²) in [6.07, 6.45) is -4.76. The molecule has 0 radical (unpaired) electrons. The molecule has 31 heavy (non-hydrogen) atoms. The molecule has 1 heterocycles. The van der Waals surface area contributed by atoms with Crippen molar-refractivity contribution in [3.63, 3.8) is 0 Å². The molecule has 0 aromatic heterocycles. The molecule has 1 aliphatic rings. The first kappa shape index (κ1) is 22.7. The summed E-state index contributed by atoms with van der Waals surface area (Å²) in [4.78, 5) is 24.4. The van der Waals surface area contributed by atoms with Crippen molar-refractivity contribution in [2.45, 2.75) is 19.5 Å². The van der Waals surface area contributed by atoms with Gasteiger partial charge in [-0.25, -0.2) is 4.39 Å². The molecule has 2 aromatic rings. The molecule has 2 aromatic carbocycles. The van der Waals surface area contributed by atoms with Gasteiger partial charge in [0.25, 0.3) is 5.91 Å². The Kier molecular flexibility index (Phi) is 6.59. The number of carbonyl (C=O) groups excluding carboxylic acids is 2. The second-order valence-electron chi connectivity index (χ2n) is 6.76. The van der Waals surface area contributed by atoms with E-state index in [1.165, 1.54) is 13.0 Å². The SMILES string of the molecule is Cc1c(F)cc(C(=O)NCC(F)(F)F)cc1NC(=O)Cc1cc(Cl)c2c(c1)OCCO2. The lowest BCUT2D eigenvalue weighted by Crippen LogP contribution is -2.33. The summed E-state index contributed by atoms with van der Waals surface area (Å²) in [7, 11) is 0. The zero-order chi connectivity index (χ0) is 22.8. The Balaban J connectivity index is 1.74. The first-order valence-corrected chi connectivity index (χ1v) is 9.44. The number of halogens is 5. The van der Waals surface area contributed by atoms with Gasteiger partial charge in [0.1, 0.15) is 25.6 Å². The highest BCUT2D eigenvalue weighted by atomic mass is 35.5. The number of alkyl halides is 3. The van der Waals surface area contributed by atoms with Gasteiger partial charge in [-0.1, -0.05) is 11.6 Å². The fourth-order valence-corrected chi connectivity index (χ4v) is 3.16. The van der Waals surface area contributed by atoms with E-state index in [1.807, 2.05) is 0 Å². The molecule has 11 heteroatoms. The maximum absolute atomic E-state index is 14.2. The highest BCUT2D eigenvalue weighted by molar-refractivity contribution is 6.32. The van der Waals surface area contributed by atoms with Crippen LogP contribution in [0.5, 0.6) is 11.5 Å². The number of fused-ring (bicyclic) bond motifs is 1. The van der Waals surface area contributed by atoms with Gasteiger partial charge >= 0.3 is 6.18 Å². The van der Waals surface area contributed by atoms with Crippen molar-refractivity contribution in [3.8, 4) is 11.5 Å². The van der Waals surface area contributed by atoms with Gasteiger partial charge < -0.3 is 20.1 Å². The van der Waals surface area contributed by atoms with Crippen molar-refractivity contribution in [1.29, 1.82) is 0 Å². The Bertz CT molecular complexity index is 1030. The second kappa shape index (κ2) is 9.01. The molecule has 0 fully saturated rings. The predicted octanol–water partition coefficient (Wildman–Crippen LogP) is 4.03. The summed E-state index contributed by atoms with van der Waals surface area (Å²) in [5, 5.41) is 4.40. The molecule has 0 saturated carbocycles. The van der Waals surface area contributed by atoms with Crippen molar-refractivity contribution >= 4 is 29.1 Å². The van der Waals surface area contributed by atoms with E-state index in [0.717, 1.165) is 12.1 Å². The molecule has 0 saturated heterocycles. The Morgan fingerprint density at radius 2 is 1.84 bits per heavy atom. The Hall–Kier alpha value is -3.01. The monoisotopic (exact) mass is 460 g/mol. The zero-order valence-electron chi connectivity index (χ0n) is 16.2. The topological polar surface area (TPSA) is 76.7 Å². The third-order valence-electron chi connectivity index (χ3n) is 4.35. The summed E-state index contributed by atoms with van der Waals surface area (Å²) in [5.74, 6) is -1.74. The average molecular weight is 461 g/mol. The van der Waals surface area contributed by atoms with Gasteiger partial charge in [-0.15, -0.1) is 0 Å². The number of ether oxygens (including phenoxy) is 2. The minimum absolute atomic E-state index is 0.0286. The van der Waals surface area contributed by atoms with E-state index in [2.05, 4.69) is 5.32 Å². The Morgan fingerprint density at radius 3 is 2.55 bits per heavy atom. The minimum Gasteiger partial charge on any atom is -0.486 e. The van der Waals surface area contributed by atoms with E-state index in [9.17, 15) is 27.2 Å². The Labute approximate surface area is 179 Å². The smallest absolute Gasteiger partial charge is 0.405 e. The van der Waals surface area contributed by atoms with Crippen molar-refractivity contribution in [2.75, 3.05) is 25.1 Å². The number of carbonyl (C=O) groups is 2. The molecule has 0 spiro atoms. The fraction of sp³-hybridized carbons (Fsp3) is 0.300. The highest BCUT2D eigenvalue weighted by Gasteiger charge is 2.28. The van der Waals surface area contributed by atoms with Crippen molar-refractivity contribution in [3.05, 3.63) is 51.8 Å². The summed E-state index contributed by atoms with van der Waals surface area (Å²) < 4.78 is 61.9. The summed E-state index contributed by atoms with van der Waals surface area (Å²) in [5.41, 5.74) is 0.140. The number of rotatable bonds is 5. The number of hydrogen-bond acceptors (Lipinski definition) is 4. The van der Waals surface area contributed by atoms with Crippen LogP contribution in [0.25, 0.3) is 0 Å². The van der Waals surface area contributed by atoms with Crippen LogP contribution < -0.4 is 20.1 Å². The van der Waals surface area contributed by atoms with E-state index in [0.29, 0.717) is 30.3 Å². The van der Waals surface area contributed by atoms with Crippen LogP contribution in [0.1, 0.15) is 21.5 Å². The molecular formula is C20H17ClF4N2O4. The predicted molar refractivity (Wildman–Crippen MR) is 104 cm³/mol. The number of hydrogen-bond donors (Lipinski definition) is 2. The van der Waals surface area contributed by atoms with Crippen LogP contribution >= 0.6 is 11.6 Å². The standard InChI is InChI=1S/C20H17ClF4N2O4/c1-10-14(22)7-12(19(29)26-9-20(23,24)25)8-15(10)27-17(28)6-11-4-13(21)18-16(5-11)30-2-3-31-18/h4-5,7-8H,2-3,6,9H2,1H3,(H,26,29)(H,27,28). The van der Waals surface area contributed by atoms with E-state index in [-0.39, 0.29) is 28.3 Å². The fourth-order valence-electron chi connectivity index (χ4n) is 2.87. The summed E-state index contributed by atoms with van der Waals surface area (Å²) in [6.45, 7) is 0.488. The quantitative estimate of drug-likeness (QED) is 0.660. The van der Waals surface area contributed by atoms with Gasteiger partial charge in [-0.2, -0.15) is 13.2 Å². The molecule has 3 rings (SSSR count). The molecule has 0 aliphatic carbocycles. The van der Waals surface area contributed by atoms with Crippen molar-refractivity contribution < 1.29 is 36.6 Å². The van der Waals surface area contributed by atoms with E-state index < -0.39 is 30.4 Å². The van der Waals surface area contributed by atoms with Gasteiger partial charge in [0.15, 0.2) is 11.5 Å². The molecule has 6 nitrogen and oxygen atoms in total. The molecule has 2 N–H and O–H groups in total. The van der Waals surface area contributed by atoms with E-state index >= 15 is 0 Å². The van der Waals surface area contributed by atoms with Crippen LogP contribution in [-0.4, -0.2) is 37.7 Å². The van der Waals surface area contributed by atoms with Gasteiger partial charge in [0.05, 0.1) is 11.4 Å².